The van der Waals surface area contributed by atoms with E-state index in [1.807, 2.05) is 0 Å². The molecule has 1 aliphatic heterocycles. The van der Waals surface area contributed by atoms with Crippen LogP contribution in [0.25, 0.3) is 0 Å². The molecule has 4 nitrogen and oxygen atoms in total. The van der Waals surface area contributed by atoms with Crippen LogP contribution in [0.4, 0.5) is 8.78 Å². The monoisotopic (exact) mass is 256 g/mol. The Morgan fingerprint density at radius 1 is 1.50 bits per heavy atom. The Hall–Kier alpha value is -1.53. The third kappa shape index (κ3) is 2.49. The zero-order chi connectivity index (χ0) is 13.1. The van der Waals surface area contributed by atoms with Crippen LogP contribution < -0.4 is 5.73 Å². The van der Waals surface area contributed by atoms with Gasteiger partial charge in [-0.3, -0.25) is 4.79 Å². The van der Waals surface area contributed by atoms with Crippen molar-refractivity contribution in [2.24, 2.45) is 5.73 Å². The minimum atomic E-state index is -0.733. The lowest BCUT2D eigenvalue weighted by atomic mass is 10.1. The van der Waals surface area contributed by atoms with Crippen LogP contribution >= 0.6 is 0 Å². The van der Waals surface area contributed by atoms with Crippen LogP contribution in [0.15, 0.2) is 18.2 Å². The Kier molecular flexibility index (Phi) is 3.88. The molecule has 0 radical (unpaired) electrons. The number of morpholine rings is 1. The van der Waals surface area contributed by atoms with Crippen LogP contribution in [0.5, 0.6) is 0 Å². The fourth-order valence-electron chi connectivity index (χ4n) is 1.93. The molecule has 1 unspecified atom stereocenters. The lowest BCUT2D eigenvalue weighted by Crippen LogP contribution is -2.52. The summed E-state index contributed by atoms with van der Waals surface area (Å²) in [6.07, 6.45) is 0. The molecule has 1 saturated heterocycles. The molecule has 0 spiro atoms. The van der Waals surface area contributed by atoms with Crippen molar-refractivity contribution < 1.29 is 18.3 Å². The minimum absolute atomic E-state index is 0.225. The zero-order valence-electron chi connectivity index (χ0n) is 9.73. The number of nitrogens with zero attached hydrogens (tertiary/aromatic N) is 1. The van der Waals surface area contributed by atoms with E-state index in [1.54, 1.807) is 0 Å². The summed E-state index contributed by atoms with van der Waals surface area (Å²) >= 11 is 0. The molecule has 1 aromatic rings. The summed E-state index contributed by atoms with van der Waals surface area (Å²) in [4.78, 5) is 13.6. The lowest BCUT2D eigenvalue weighted by molar-refractivity contribution is 0.000576. The Labute approximate surface area is 103 Å². The highest BCUT2D eigenvalue weighted by molar-refractivity contribution is 5.94. The second-order valence-electron chi connectivity index (χ2n) is 4.09. The molecule has 1 aromatic carbocycles. The van der Waals surface area contributed by atoms with Crippen LogP contribution in [0.2, 0.25) is 0 Å². The molecule has 1 amide bonds. The van der Waals surface area contributed by atoms with Crippen molar-refractivity contribution in [3.05, 3.63) is 35.4 Å². The molecule has 0 aromatic heterocycles. The molecular formula is C12H14F2N2O2. The van der Waals surface area contributed by atoms with E-state index in [0.29, 0.717) is 19.8 Å². The first-order chi connectivity index (χ1) is 8.63. The summed E-state index contributed by atoms with van der Waals surface area (Å²) in [5, 5.41) is 0. The van der Waals surface area contributed by atoms with Gasteiger partial charge in [0, 0.05) is 13.1 Å². The molecule has 1 heterocycles. The standard InChI is InChI=1S/C12H14F2N2O2/c13-8-1-2-11(14)10(5-8)12(17)16-3-4-18-7-9(16)6-15/h1-2,5,9H,3-4,6-7,15H2. The number of ether oxygens (including phenoxy) is 1. The van der Waals surface area contributed by atoms with Gasteiger partial charge in [0.05, 0.1) is 24.8 Å². The van der Waals surface area contributed by atoms with Gasteiger partial charge in [0.2, 0.25) is 0 Å². The second-order valence-corrected chi connectivity index (χ2v) is 4.09. The van der Waals surface area contributed by atoms with Gasteiger partial charge in [-0.05, 0) is 18.2 Å². The highest BCUT2D eigenvalue weighted by Gasteiger charge is 2.28. The van der Waals surface area contributed by atoms with E-state index in [0.717, 1.165) is 18.2 Å². The summed E-state index contributed by atoms with van der Waals surface area (Å²) in [6.45, 7) is 1.25. The average molecular weight is 256 g/mol. The minimum Gasteiger partial charge on any atom is -0.377 e. The largest absolute Gasteiger partial charge is 0.377 e. The van der Waals surface area contributed by atoms with Crippen LogP contribution in [-0.2, 0) is 4.74 Å². The lowest BCUT2D eigenvalue weighted by Gasteiger charge is -2.35. The third-order valence-corrected chi connectivity index (χ3v) is 2.92. The highest BCUT2D eigenvalue weighted by Crippen LogP contribution is 2.16. The average Bonchev–Trinajstić information content (AvgIpc) is 2.40. The second kappa shape index (κ2) is 5.41. The number of rotatable bonds is 2. The van der Waals surface area contributed by atoms with Crippen molar-refractivity contribution in [2.45, 2.75) is 6.04 Å². The Morgan fingerprint density at radius 2 is 2.28 bits per heavy atom. The Morgan fingerprint density at radius 3 is 3.00 bits per heavy atom. The van der Waals surface area contributed by atoms with Gasteiger partial charge >= 0.3 is 0 Å². The van der Waals surface area contributed by atoms with Crippen molar-refractivity contribution in [1.82, 2.24) is 4.90 Å². The third-order valence-electron chi connectivity index (χ3n) is 2.92. The first-order valence-electron chi connectivity index (χ1n) is 5.67. The van der Waals surface area contributed by atoms with Gasteiger partial charge in [-0.25, -0.2) is 8.78 Å². The number of amides is 1. The van der Waals surface area contributed by atoms with E-state index in [4.69, 9.17) is 10.5 Å². The summed E-state index contributed by atoms with van der Waals surface area (Å²) in [7, 11) is 0. The van der Waals surface area contributed by atoms with Gasteiger partial charge in [0.15, 0.2) is 0 Å². The molecule has 0 aliphatic carbocycles. The maximum atomic E-state index is 13.5. The SMILES string of the molecule is NCC1COCCN1C(=O)c1cc(F)ccc1F. The van der Waals surface area contributed by atoms with E-state index in [2.05, 4.69) is 0 Å². The van der Waals surface area contributed by atoms with Crippen molar-refractivity contribution in [1.29, 1.82) is 0 Å². The molecule has 2 rings (SSSR count). The van der Waals surface area contributed by atoms with Crippen molar-refractivity contribution in [3.8, 4) is 0 Å². The zero-order valence-corrected chi connectivity index (χ0v) is 9.73. The van der Waals surface area contributed by atoms with Gasteiger partial charge in [-0.15, -0.1) is 0 Å². The van der Waals surface area contributed by atoms with E-state index in [9.17, 15) is 13.6 Å². The number of hydrogen-bond donors (Lipinski definition) is 1. The normalized spacial score (nSPS) is 19.9. The van der Waals surface area contributed by atoms with E-state index < -0.39 is 17.5 Å². The number of benzene rings is 1. The van der Waals surface area contributed by atoms with Crippen LogP contribution in [0, 0.1) is 11.6 Å². The molecule has 1 atom stereocenters. The predicted molar refractivity (Wildman–Crippen MR) is 61.1 cm³/mol. The summed E-state index contributed by atoms with van der Waals surface area (Å²) in [5.74, 6) is -1.92. The Balaban J connectivity index is 2.26. The summed E-state index contributed by atoms with van der Waals surface area (Å²) < 4.78 is 31.8. The number of carbonyl (C=O) groups is 1. The van der Waals surface area contributed by atoms with Crippen molar-refractivity contribution in [2.75, 3.05) is 26.3 Å². The van der Waals surface area contributed by atoms with Crippen LogP contribution in [0.1, 0.15) is 10.4 Å². The molecule has 2 N–H and O–H groups in total. The van der Waals surface area contributed by atoms with Gasteiger partial charge in [-0.1, -0.05) is 0 Å². The van der Waals surface area contributed by atoms with Crippen molar-refractivity contribution >= 4 is 5.91 Å². The molecular weight excluding hydrogens is 242 g/mol. The molecule has 6 heteroatoms. The van der Waals surface area contributed by atoms with Crippen LogP contribution in [0.3, 0.4) is 0 Å². The molecule has 98 valence electrons. The predicted octanol–water partition coefficient (Wildman–Crippen LogP) is 0.764. The maximum Gasteiger partial charge on any atom is 0.257 e. The molecule has 1 fully saturated rings. The molecule has 0 bridgehead atoms. The summed E-state index contributed by atoms with van der Waals surface area (Å²) in [5.41, 5.74) is 5.27. The van der Waals surface area contributed by atoms with Crippen molar-refractivity contribution in [3.63, 3.8) is 0 Å². The molecule has 18 heavy (non-hydrogen) atoms. The first kappa shape index (κ1) is 12.9. The molecule has 0 saturated carbocycles. The van der Waals surface area contributed by atoms with Gasteiger partial charge in [0.25, 0.3) is 5.91 Å². The topological polar surface area (TPSA) is 55.6 Å². The maximum absolute atomic E-state index is 13.5. The smallest absolute Gasteiger partial charge is 0.257 e. The fourth-order valence-corrected chi connectivity index (χ4v) is 1.93. The molecule has 1 aliphatic rings. The quantitative estimate of drug-likeness (QED) is 0.850. The highest BCUT2D eigenvalue weighted by atomic mass is 19.1. The first-order valence-corrected chi connectivity index (χ1v) is 5.67. The number of hydrogen-bond acceptors (Lipinski definition) is 3. The van der Waals surface area contributed by atoms with Gasteiger partial charge in [-0.2, -0.15) is 0 Å². The van der Waals surface area contributed by atoms with Gasteiger partial charge < -0.3 is 15.4 Å². The van der Waals surface area contributed by atoms with E-state index >= 15 is 0 Å². The number of halogens is 2. The number of carbonyl (C=O) groups excluding carboxylic acids is 1. The van der Waals surface area contributed by atoms with E-state index in [1.165, 1.54) is 4.90 Å². The fraction of sp³-hybridized carbons (Fsp3) is 0.417. The number of nitrogens with two attached hydrogens (primary N) is 1. The van der Waals surface area contributed by atoms with E-state index in [-0.39, 0.29) is 18.2 Å². The Bertz CT molecular complexity index is 454. The van der Waals surface area contributed by atoms with Crippen LogP contribution in [-0.4, -0.2) is 43.2 Å². The summed E-state index contributed by atoms with van der Waals surface area (Å²) in [6, 6.07) is 2.53. The van der Waals surface area contributed by atoms with Gasteiger partial charge in [0.1, 0.15) is 11.6 Å².